The van der Waals surface area contributed by atoms with Crippen LogP contribution in [0.5, 0.6) is 0 Å². The summed E-state index contributed by atoms with van der Waals surface area (Å²) in [6.07, 6.45) is 0. The number of carbonyl (C=O) groups is 1. The van der Waals surface area contributed by atoms with E-state index < -0.39 is 0 Å². The van der Waals surface area contributed by atoms with Gasteiger partial charge in [-0.15, -0.1) is 0 Å². The van der Waals surface area contributed by atoms with Crippen molar-refractivity contribution in [3.8, 4) is 0 Å². The molecule has 0 saturated carbocycles. The lowest BCUT2D eigenvalue weighted by atomic mass is 10.1. The SMILES string of the molecule is Cc1cccc2cc(C(=O)N3CCNC[C@@H]3C)oc12. The minimum absolute atomic E-state index is 0.00963. The maximum Gasteiger partial charge on any atom is 0.289 e. The maximum atomic E-state index is 12.5. The summed E-state index contributed by atoms with van der Waals surface area (Å²) in [6.45, 7) is 6.46. The smallest absolute Gasteiger partial charge is 0.289 e. The third-order valence-corrected chi connectivity index (χ3v) is 3.71. The number of hydrogen-bond acceptors (Lipinski definition) is 3. The third-order valence-electron chi connectivity index (χ3n) is 3.71. The van der Waals surface area contributed by atoms with E-state index in [1.54, 1.807) is 0 Å². The lowest BCUT2D eigenvalue weighted by Gasteiger charge is -2.33. The van der Waals surface area contributed by atoms with Crippen LogP contribution in [0.25, 0.3) is 11.0 Å². The monoisotopic (exact) mass is 258 g/mol. The second kappa shape index (κ2) is 4.70. The quantitative estimate of drug-likeness (QED) is 0.852. The number of amides is 1. The fourth-order valence-electron chi connectivity index (χ4n) is 2.60. The van der Waals surface area contributed by atoms with Gasteiger partial charge in [0.05, 0.1) is 0 Å². The minimum Gasteiger partial charge on any atom is -0.451 e. The Morgan fingerprint density at radius 3 is 3.05 bits per heavy atom. The molecule has 3 rings (SSSR count). The summed E-state index contributed by atoms with van der Waals surface area (Å²) in [5.41, 5.74) is 1.87. The topological polar surface area (TPSA) is 45.5 Å². The Kier molecular flexibility index (Phi) is 3.03. The predicted molar refractivity (Wildman–Crippen MR) is 74.3 cm³/mol. The van der Waals surface area contributed by atoms with Gasteiger partial charge in [0.2, 0.25) is 0 Å². The average Bonchev–Trinajstić information content (AvgIpc) is 2.84. The summed E-state index contributed by atoms with van der Waals surface area (Å²) in [5, 5.41) is 4.27. The van der Waals surface area contributed by atoms with Crippen LogP contribution in [0.3, 0.4) is 0 Å². The van der Waals surface area contributed by atoms with Crippen molar-refractivity contribution in [3.05, 3.63) is 35.6 Å². The van der Waals surface area contributed by atoms with Crippen LogP contribution < -0.4 is 5.32 Å². The van der Waals surface area contributed by atoms with Crippen LogP contribution in [0, 0.1) is 6.92 Å². The molecule has 0 radical (unpaired) electrons. The lowest BCUT2D eigenvalue weighted by Crippen LogP contribution is -2.52. The molecule has 2 aromatic rings. The number of nitrogens with zero attached hydrogens (tertiary/aromatic N) is 1. The van der Waals surface area contributed by atoms with Gasteiger partial charge in [0.25, 0.3) is 5.91 Å². The number of benzene rings is 1. The van der Waals surface area contributed by atoms with Crippen LogP contribution in [-0.2, 0) is 0 Å². The molecule has 19 heavy (non-hydrogen) atoms. The highest BCUT2D eigenvalue weighted by Gasteiger charge is 2.26. The lowest BCUT2D eigenvalue weighted by molar-refractivity contribution is 0.0625. The Hall–Kier alpha value is -1.81. The molecule has 0 spiro atoms. The molecule has 1 aromatic carbocycles. The maximum absolute atomic E-state index is 12.5. The molecule has 1 amide bonds. The second-order valence-electron chi connectivity index (χ2n) is 5.16. The van der Waals surface area contributed by atoms with Crippen molar-refractivity contribution in [3.63, 3.8) is 0 Å². The standard InChI is InChI=1S/C15H18N2O2/c1-10-4-3-5-12-8-13(19-14(10)12)15(18)17-7-6-16-9-11(17)2/h3-5,8,11,16H,6-7,9H2,1-2H3/t11-/m0/s1. The number of fused-ring (bicyclic) bond motifs is 1. The van der Waals surface area contributed by atoms with E-state index in [9.17, 15) is 4.79 Å². The zero-order valence-electron chi connectivity index (χ0n) is 11.3. The number of nitrogens with one attached hydrogen (secondary N) is 1. The van der Waals surface area contributed by atoms with Crippen LogP contribution >= 0.6 is 0 Å². The number of aryl methyl sites for hydroxylation is 1. The van der Waals surface area contributed by atoms with Gasteiger partial charge in [-0.2, -0.15) is 0 Å². The van der Waals surface area contributed by atoms with Crippen molar-refractivity contribution in [1.29, 1.82) is 0 Å². The van der Waals surface area contributed by atoms with Crippen molar-refractivity contribution >= 4 is 16.9 Å². The van der Waals surface area contributed by atoms with Gasteiger partial charge in [-0.1, -0.05) is 18.2 Å². The van der Waals surface area contributed by atoms with Crippen LogP contribution in [0.1, 0.15) is 23.0 Å². The van der Waals surface area contributed by atoms with Crippen LogP contribution in [0.4, 0.5) is 0 Å². The number of furan rings is 1. The number of piperazine rings is 1. The number of rotatable bonds is 1. The number of carbonyl (C=O) groups excluding carboxylic acids is 1. The van der Waals surface area contributed by atoms with Crippen LogP contribution in [-0.4, -0.2) is 36.5 Å². The molecule has 1 saturated heterocycles. The van der Waals surface area contributed by atoms with Crippen molar-refractivity contribution in [2.75, 3.05) is 19.6 Å². The van der Waals surface area contributed by atoms with Gasteiger partial charge in [0.15, 0.2) is 5.76 Å². The first kappa shape index (κ1) is 12.2. The molecule has 4 heteroatoms. The molecule has 0 unspecified atom stereocenters. The van der Waals surface area contributed by atoms with Crippen molar-refractivity contribution < 1.29 is 9.21 Å². The van der Waals surface area contributed by atoms with Crippen molar-refractivity contribution in [1.82, 2.24) is 10.2 Å². The van der Waals surface area contributed by atoms with E-state index in [1.807, 2.05) is 36.1 Å². The molecule has 1 aromatic heterocycles. The highest BCUT2D eigenvalue weighted by Crippen LogP contribution is 2.24. The van der Waals surface area contributed by atoms with E-state index in [1.165, 1.54) is 0 Å². The fraction of sp³-hybridized carbons (Fsp3) is 0.400. The summed E-state index contributed by atoms with van der Waals surface area (Å²) in [7, 11) is 0. The summed E-state index contributed by atoms with van der Waals surface area (Å²) < 4.78 is 5.75. The Bertz CT molecular complexity index is 618. The van der Waals surface area contributed by atoms with E-state index in [4.69, 9.17) is 4.42 Å². The van der Waals surface area contributed by atoms with E-state index in [0.717, 1.165) is 36.2 Å². The highest BCUT2D eigenvalue weighted by molar-refractivity contribution is 5.96. The van der Waals surface area contributed by atoms with Crippen molar-refractivity contribution in [2.45, 2.75) is 19.9 Å². The first-order valence-electron chi connectivity index (χ1n) is 6.67. The van der Waals surface area contributed by atoms with Crippen molar-refractivity contribution in [2.24, 2.45) is 0 Å². The molecule has 1 fully saturated rings. The molecule has 1 aliphatic heterocycles. The highest BCUT2D eigenvalue weighted by atomic mass is 16.3. The largest absolute Gasteiger partial charge is 0.451 e. The Morgan fingerprint density at radius 2 is 2.32 bits per heavy atom. The molecular formula is C15H18N2O2. The van der Waals surface area contributed by atoms with Crippen LogP contribution in [0.15, 0.2) is 28.7 Å². The molecule has 4 nitrogen and oxygen atoms in total. The van der Waals surface area contributed by atoms with E-state index in [2.05, 4.69) is 12.2 Å². The second-order valence-corrected chi connectivity index (χ2v) is 5.16. The van der Waals surface area contributed by atoms with E-state index >= 15 is 0 Å². The molecule has 100 valence electrons. The van der Waals surface area contributed by atoms with Gasteiger partial charge >= 0.3 is 0 Å². The molecule has 2 heterocycles. The fourth-order valence-corrected chi connectivity index (χ4v) is 2.60. The summed E-state index contributed by atoms with van der Waals surface area (Å²) in [6, 6.07) is 8.00. The average molecular weight is 258 g/mol. The number of para-hydroxylation sites is 1. The minimum atomic E-state index is -0.00963. The Balaban J connectivity index is 1.95. The Morgan fingerprint density at radius 1 is 1.47 bits per heavy atom. The third kappa shape index (κ3) is 2.12. The van der Waals surface area contributed by atoms with Gasteiger partial charge in [-0.05, 0) is 25.5 Å². The Labute approximate surface area is 112 Å². The van der Waals surface area contributed by atoms with Gasteiger partial charge < -0.3 is 14.6 Å². The zero-order chi connectivity index (χ0) is 13.4. The molecule has 1 aliphatic rings. The van der Waals surface area contributed by atoms with Gasteiger partial charge in [0, 0.05) is 31.1 Å². The molecule has 1 N–H and O–H groups in total. The van der Waals surface area contributed by atoms with Gasteiger partial charge in [0.1, 0.15) is 5.58 Å². The molecule has 1 atom stereocenters. The van der Waals surface area contributed by atoms with E-state index in [-0.39, 0.29) is 11.9 Å². The van der Waals surface area contributed by atoms with Gasteiger partial charge in [-0.25, -0.2) is 0 Å². The van der Waals surface area contributed by atoms with Gasteiger partial charge in [-0.3, -0.25) is 4.79 Å². The van der Waals surface area contributed by atoms with Crippen LogP contribution in [0.2, 0.25) is 0 Å². The zero-order valence-corrected chi connectivity index (χ0v) is 11.3. The molecule has 0 bridgehead atoms. The first-order chi connectivity index (χ1) is 9.16. The summed E-state index contributed by atoms with van der Waals surface area (Å²) in [4.78, 5) is 14.4. The van der Waals surface area contributed by atoms with E-state index in [0.29, 0.717) is 5.76 Å². The molecule has 0 aliphatic carbocycles. The first-order valence-corrected chi connectivity index (χ1v) is 6.67. The summed E-state index contributed by atoms with van der Waals surface area (Å²) >= 11 is 0. The summed E-state index contributed by atoms with van der Waals surface area (Å²) in [5.74, 6) is 0.433. The normalized spacial score (nSPS) is 19.9. The predicted octanol–water partition coefficient (Wildman–Crippen LogP) is 2.18. The number of hydrogen-bond donors (Lipinski definition) is 1. The molecular weight excluding hydrogens is 240 g/mol.